The van der Waals surface area contributed by atoms with Gasteiger partial charge in [0.05, 0.1) is 11.4 Å². The number of fused-ring (bicyclic) bond motifs is 1. The molecule has 0 unspecified atom stereocenters. The van der Waals surface area contributed by atoms with Crippen molar-refractivity contribution in [3.63, 3.8) is 0 Å². The number of nitrogens with zero attached hydrogens (tertiary/aromatic N) is 1. The molecule has 0 saturated carbocycles. The topological polar surface area (TPSA) is 32.3 Å². The van der Waals surface area contributed by atoms with Gasteiger partial charge in [0.2, 0.25) is 0 Å². The summed E-state index contributed by atoms with van der Waals surface area (Å²) >= 11 is 0. The van der Waals surface area contributed by atoms with E-state index in [-0.39, 0.29) is 5.91 Å². The lowest BCUT2D eigenvalue weighted by Crippen LogP contribution is -2.54. The summed E-state index contributed by atoms with van der Waals surface area (Å²) in [4.78, 5) is 14.5. The van der Waals surface area contributed by atoms with Crippen LogP contribution in [0.2, 0.25) is 0 Å². The van der Waals surface area contributed by atoms with Crippen LogP contribution in [-0.4, -0.2) is 18.0 Å². The Kier molecular flexibility index (Phi) is 4.13. The fourth-order valence-electron chi connectivity index (χ4n) is 2.57. The molecule has 0 fully saturated rings. The molecule has 3 nitrogen and oxygen atoms in total. The highest BCUT2D eigenvalue weighted by Crippen LogP contribution is 2.35. The number of rotatable bonds is 5. The Balaban J connectivity index is 2.17. The first-order valence-corrected chi connectivity index (χ1v) is 7.25. The largest absolute Gasteiger partial charge is 0.370 e. The van der Waals surface area contributed by atoms with Crippen LogP contribution in [0.25, 0.3) is 0 Å². The standard InChI is InChI=1S/C16H24N2O/c1-4-5-6-9-12-18-14-11-8-7-10-13(14)17-16(2,3)15(18)19/h7-8,10-11,17H,4-6,9,12H2,1-3H3. The molecule has 1 aromatic carbocycles. The molecule has 0 saturated heterocycles. The molecule has 1 heterocycles. The second-order valence-electron chi connectivity index (χ2n) is 5.78. The number of anilines is 2. The monoisotopic (exact) mass is 260 g/mol. The summed E-state index contributed by atoms with van der Waals surface area (Å²) in [5, 5.41) is 3.33. The smallest absolute Gasteiger partial charge is 0.252 e. The second kappa shape index (κ2) is 5.64. The molecule has 19 heavy (non-hydrogen) atoms. The van der Waals surface area contributed by atoms with Crippen LogP contribution in [0.15, 0.2) is 24.3 Å². The van der Waals surface area contributed by atoms with Crippen molar-refractivity contribution in [2.45, 2.75) is 52.0 Å². The zero-order valence-corrected chi connectivity index (χ0v) is 12.2. The number of nitrogens with one attached hydrogen (secondary N) is 1. The van der Waals surface area contributed by atoms with Gasteiger partial charge in [-0.05, 0) is 32.4 Å². The van der Waals surface area contributed by atoms with Gasteiger partial charge in [0.1, 0.15) is 5.54 Å². The van der Waals surface area contributed by atoms with Crippen LogP contribution >= 0.6 is 0 Å². The zero-order valence-electron chi connectivity index (χ0n) is 12.2. The minimum atomic E-state index is -0.515. The molecule has 1 aliphatic heterocycles. The first-order valence-electron chi connectivity index (χ1n) is 7.25. The molecule has 1 N–H and O–H groups in total. The lowest BCUT2D eigenvalue weighted by atomic mass is 9.97. The first kappa shape index (κ1) is 13.9. The van der Waals surface area contributed by atoms with Crippen LogP contribution in [0, 0.1) is 0 Å². The number of unbranched alkanes of at least 4 members (excludes halogenated alkanes) is 3. The van der Waals surface area contributed by atoms with Crippen molar-refractivity contribution in [1.29, 1.82) is 0 Å². The normalized spacial score (nSPS) is 17.0. The minimum Gasteiger partial charge on any atom is -0.370 e. The molecule has 3 heteroatoms. The fraction of sp³-hybridized carbons (Fsp3) is 0.562. The quantitative estimate of drug-likeness (QED) is 0.817. The van der Waals surface area contributed by atoms with Gasteiger partial charge in [0, 0.05) is 6.54 Å². The van der Waals surface area contributed by atoms with Crippen LogP contribution in [0.4, 0.5) is 11.4 Å². The van der Waals surface area contributed by atoms with E-state index >= 15 is 0 Å². The number of carbonyl (C=O) groups excluding carboxylic acids is 1. The van der Waals surface area contributed by atoms with Gasteiger partial charge in [0.15, 0.2) is 0 Å². The Bertz CT molecular complexity index is 454. The molecular weight excluding hydrogens is 236 g/mol. The van der Waals surface area contributed by atoms with E-state index in [4.69, 9.17) is 0 Å². The average Bonchev–Trinajstić information content (AvgIpc) is 2.38. The third-order valence-electron chi connectivity index (χ3n) is 3.66. The van der Waals surface area contributed by atoms with E-state index in [2.05, 4.69) is 12.2 Å². The second-order valence-corrected chi connectivity index (χ2v) is 5.78. The number of para-hydroxylation sites is 2. The van der Waals surface area contributed by atoms with Crippen molar-refractivity contribution in [3.05, 3.63) is 24.3 Å². The molecule has 1 aromatic rings. The zero-order chi connectivity index (χ0) is 13.9. The average molecular weight is 260 g/mol. The van der Waals surface area contributed by atoms with Crippen molar-refractivity contribution in [1.82, 2.24) is 0 Å². The molecule has 0 radical (unpaired) electrons. The van der Waals surface area contributed by atoms with Crippen molar-refractivity contribution in [3.8, 4) is 0 Å². The maximum Gasteiger partial charge on any atom is 0.252 e. The highest BCUT2D eigenvalue weighted by atomic mass is 16.2. The van der Waals surface area contributed by atoms with Crippen molar-refractivity contribution >= 4 is 17.3 Å². The number of benzene rings is 1. The Morgan fingerprint density at radius 1 is 1.16 bits per heavy atom. The summed E-state index contributed by atoms with van der Waals surface area (Å²) in [6.07, 6.45) is 4.73. The predicted octanol–water partition coefficient (Wildman–Crippen LogP) is 3.80. The molecule has 2 rings (SSSR count). The van der Waals surface area contributed by atoms with E-state index in [1.54, 1.807) is 0 Å². The molecule has 1 amide bonds. The van der Waals surface area contributed by atoms with Gasteiger partial charge >= 0.3 is 0 Å². The summed E-state index contributed by atoms with van der Waals surface area (Å²) in [7, 11) is 0. The summed E-state index contributed by atoms with van der Waals surface area (Å²) in [6, 6.07) is 8.07. The summed E-state index contributed by atoms with van der Waals surface area (Å²) in [6.45, 7) is 6.92. The number of carbonyl (C=O) groups is 1. The van der Waals surface area contributed by atoms with E-state index in [1.807, 2.05) is 43.0 Å². The van der Waals surface area contributed by atoms with Gasteiger partial charge in [-0.3, -0.25) is 4.79 Å². The minimum absolute atomic E-state index is 0.169. The predicted molar refractivity (Wildman–Crippen MR) is 80.6 cm³/mol. The number of hydrogen-bond acceptors (Lipinski definition) is 2. The highest BCUT2D eigenvalue weighted by Gasteiger charge is 2.37. The van der Waals surface area contributed by atoms with Gasteiger partial charge < -0.3 is 10.2 Å². The maximum atomic E-state index is 12.5. The van der Waals surface area contributed by atoms with Gasteiger partial charge in [-0.2, -0.15) is 0 Å². The molecule has 0 aromatic heterocycles. The summed E-state index contributed by atoms with van der Waals surface area (Å²) in [5.74, 6) is 0.169. The Morgan fingerprint density at radius 2 is 1.89 bits per heavy atom. The van der Waals surface area contributed by atoms with Crippen molar-refractivity contribution < 1.29 is 4.79 Å². The lowest BCUT2D eigenvalue weighted by Gasteiger charge is -2.40. The van der Waals surface area contributed by atoms with Gasteiger partial charge in [-0.1, -0.05) is 38.3 Å². The molecule has 0 atom stereocenters. The third-order valence-corrected chi connectivity index (χ3v) is 3.66. The van der Waals surface area contributed by atoms with Crippen LogP contribution < -0.4 is 10.2 Å². The fourth-order valence-corrected chi connectivity index (χ4v) is 2.57. The Hall–Kier alpha value is -1.51. The number of hydrogen-bond donors (Lipinski definition) is 1. The van der Waals surface area contributed by atoms with E-state index in [1.165, 1.54) is 19.3 Å². The van der Waals surface area contributed by atoms with E-state index < -0.39 is 5.54 Å². The van der Waals surface area contributed by atoms with Crippen LogP contribution in [0.1, 0.15) is 46.5 Å². The lowest BCUT2D eigenvalue weighted by molar-refractivity contribution is -0.122. The van der Waals surface area contributed by atoms with Crippen LogP contribution in [0.3, 0.4) is 0 Å². The van der Waals surface area contributed by atoms with Crippen molar-refractivity contribution in [2.75, 3.05) is 16.8 Å². The SMILES string of the molecule is CCCCCCN1C(=O)C(C)(C)Nc2ccccc21. The Morgan fingerprint density at radius 3 is 2.63 bits per heavy atom. The van der Waals surface area contributed by atoms with Gasteiger partial charge in [-0.25, -0.2) is 0 Å². The molecule has 0 bridgehead atoms. The van der Waals surface area contributed by atoms with E-state index in [0.29, 0.717) is 0 Å². The van der Waals surface area contributed by atoms with Crippen LogP contribution in [0.5, 0.6) is 0 Å². The van der Waals surface area contributed by atoms with E-state index in [0.717, 1.165) is 24.3 Å². The van der Waals surface area contributed by atoms with Crippen LogP contribution in [-0.2, 0) is 4.79 Å². The molecule has 0 spiro atoms. The summed E-state index contributed by atoms with van der Waals surface area (Å²) < 4.78 is 0. The van der Waals surface area contributed by atoms with E-state index in [9.17, 15) is 4.79 Å². The molecule has 1 aliphatic rings. The van der Waals surface area contributed by atoms with Gasteiger partial charge in [0.25, 0.3) is 5.91 Å². The molecular formula is C16H24N2O. The highest BCUT2D eigenvalue weighted by molar-refractivity contribution is 6.07. The summed E-state index contributed by atoms with van der Waals surface area (Å²) in [5.41, 5.74) is 1.56. The molecule has 0 aliphatic carbocycles. The maximum absolute atomic E-state index is 12.5. The third kappa shape index (κ3) is 2.91. The Labute approximate surface area is 116 Å². The molecule has 104 valence electrons. The van der Waals surface area contributed by atoms with Crippen molar-refractivity contribution in [2.24, 2.45) is 0 Å². The first-order chi connectivity index (χ1) is 9.06. The van der Waals surface area contributed by atoms with Gasteiger partial charge in [-0.15, -0.1) is 0 Å². The number of amides is 1.